The lowest BCUT2D eigenvalue weighted by molar-refractivity contribution is -0.145. The number of benzene rings is 1. The molecule has 0 spiro atoms. The van der Waals surface area contributed by atoms with Gasteiger partial charge in [0.25, 0.3) is 0 Å². The van der Waals surface area contributed by atoms with E-state index in [1.807, 2.05) is 31.2 Å². The van der Waals surface area contributed by atoms with Gasteiger partial charge >= 0.3 is 5.97 Å². The highest BCUT2D eigenvalue weighted by Gasteiger charge is 2.31. The molecule has 1 aromatic carbocycles. The number of ether oxygens (including phenoxy) is 1. The van der Waals surface area contributed by atoms with Gasteiger partial charge in [-0.05, 0) is 13.3 Å². The minimum Gasteiger partial charge on any atom is -0.469 e. The number of rotatable bonds is 5. The zero-order chi connectivity index (χ0) is 17.8. The van der Waals surface area contributed by atoms with E-state index in [1.165, 1.54) is 12.7 Å². The van der Waals surface area contributed by atoms with Crippen LogP contribution in [0.2, 0.25) is 0 Å². The molecule has 1 aliphatic rings. The molecular weight excluding hydrogens is 320 g/mol. The second-order valence-electron chi connectivity index (χ2n) is 6.33. The summed E-state index contributed by atoms with van der Waals surface area (Å²) >= 11 is 0. The van der Waals surface area contributed by atoms with E-state index < -0.39 is 0 Å². The van der Waals surface area contributed by atoms with Crippen molar-refractivity contribution in [2.24, 2.45) is 5.92 Å². The molecular formula is C19H22N2O4. The van der Waals surface area contributed by atoms with Crippen molar-refractivity contribution in [3.63, 3.8) is 0 Å². The van der Waals surface area contributed by atoms with Crippen LogP contribution >= 0.6 is 0 Å². The quantitative estimate of drug-likeness (QED) is 0.781. The number of amides is 1. The first-order valence-electron chi connectivity index (χ1n) is 8.44. The molecule has 1 amide bonds. The summed E-state index contributed by atoms with van der Waals surface area (Å²) < 4.78 is 10.5. The second kappa shape index (κ2) is 7.51. The van der Waals surface area contributed by atoms with Gasteiger partial charge in [0.2, 0.25) is 5.91 Å². The van der Waals surface area contributed by atoms with Crippen molar-refractivity contribution in [2.75, 3.05) is 20.2 Å². The molecule has 0 aliphatic carbocycles. The average Bonchev–Trinajstić information content (AvgIpc) is 3.29. The van der Waals surface area contributed by atoms with Gasteiger partial charge in [0.05, 0.1) is 19.2 Å². The van der Waals surface area contributed by atoms with Gasteiger partial charge in [0.15, 0.2) is 11.7 Å². The molecule has 1 atom stereocenters. The van der Waals surface area contributed by atoms with E-state index in [0.29, 0.717) is 44.0 Å². The van der Waals surface area contributed by atoms with Crippen LogP contribution in [0.5, 0.6) is 0 Å². The van der Waals surface area contributed by atoms with Crippen LogP contribution in [-0.2, 0) is 20.7 Å². The van der Waals surface area contributed by atoms with Crippen molar-refractivity contribution in [3.05, 3.63) is 41.9 Å². The Labute approximate surface area is 146 Å². The maximum atomic E-state index is 12.3. The molecule has 2 heterocycles. The number of aromatic nitrogens is 1. The standard InChI is InChI=1S/C19H22N2O4/c1-13-3-5-14(6-4-13)16-11-20-17(25-16)7-8-18(22)21-10-9-15(12-21)19(23)24-2/h3-6,11,15H,7-10,12H2,1-2H3. The van der Waals surface area contributed by atoms with Crippen LogP contribution in [0.25, 0.3) is 11.3 Å². The molecule has 25 heavy (non-hydrogen) atoms. The number of nitrogens with zero attached hydrogens (tertiary/aromatic N) is 2. The van der Waals surface area contributed by atoms with Gasteiger partial charge in [-0.3, -0.25) is 9.59 Å². The third kappa shape index (κ3) is 4.07. The minimum absolute atomic E-state index is 0.0153. The van der Waals surface area contributed by atoms with Crippen molar-refractivity contribution in [2.45, 2.75) is 26.2 Å². The summed E-state index contributed by atoms with van der Waals surface area (Å²) in [5, 5.41) is 0. The van der Waals surface area contributed by atoms with E-state index in [1.54, 1.807) is 11.1 Å². The molecule has 6 heteroatoms. The molecule has 6 nitrogen and oxygen atoms in total. The summed E-state index contributed by atoms with van der Waals surface area (Å²) in [6.07, 6.45) is 3.12. The van der Waals surface area contributed by atoms with E-state index in [4.69, 9.17) is 9.15 Å². The number of carbonyl (C=O) groups is 2. The average molecular weight is 342 g/mol. The van der Waals surface area contributed by atoms with Gasteiger partial charge in [-0.15, -0.1) is 0 Å². The Hall–Kier alpha value is -2.63. The van der Waals surface area contributed by atoms with Gasteiger partial charge < -0.3 is 14.1 Å². The molecule has 1 unspecified atom stereocenters. The lowest BCUT2D eigenvalue weighted by atomic mass is 10.1. The fourth-order valence-electron chi connectivity index (χ4n) is 2.99. The normalized spacial score (nSPS) is 16.9. The molecule has 0 N–H and O–H groups in total. The van der Waals surface area contributed by atoms with Crippen LogP contribution in [0, 0.1) is 12.8 Å². The Balaban J connectivity index is 1.53. The molecule has 1 saturated heterocycles. The predicted octanol–water partition coefficient (Wildman–Crippen LogP) is 2.60. The first-order chi connectivity index (χ1) is 12.1. The molecule has 1 aromatic heterocycles. The molecule has 0 radical (unpaired) electrons. The Bertz CT molecular complexity index is 751. The van der Waals surface area contributed by atoms with Crippen LogP contribution in [0.15, 0.2) is 34.9 Å². The number of hydrogen-bond donors (Lipinski definition) is 0. The number of esters is 1. The summed E-state index contributed by atoms with van der Waals surface area (Å²) in [6.45, 7) is 3.06. The molecule has 1 aliphatic heterocycles. The lowest BCUT2D eigenvalue weighted by Crippen LogP contribution is -2.30. The van der Waals surface area contributed by atoms with Crippen molar-refractivity contribution in [1.29, 1.82) is 0 Å². The Morgan fingerprint density at radius 1 is 1.32 bits per heavy atom. The lowest BCUT2D eigenvalue weighted by Gasteiger charge is -2.15. The highest BCUT2D eigenvalue weighted by atomic mass is 16.5. The highest BCUT2D eigenvalue weighted by Crippen LogP contribution is 2.22. The number of hydrogen-bond acceptors (Lipinski definition) is 5. The van der Waals surface area contributed by atoms with E-state index in [-0.39, 0.29) is 17.8 Å². The van der Waals surface area contributed by atoms with Crippen LogP contribution < -0.4 is 0 Å². The van der Waals surface area contributed by atoms with Crippen molar-refractivity contribution in [3.8, 4) is 11.3 Å². The van der Waals surface area contributed by atoms with Gasteiger partial charge in [0.1, 0.15) is 0 Å². The van der Waals surface area contributed by atoms with Crippen molar-refractivity contribution < 1.29 is 18.7 Å². The SMILES string of the molecule is COC(=O)C1CCN(C(=O)CCc2ncc(-c3ccc(C)cc3)o2)C1. The van der Waals surface area contributed by atoms with Gasteiger partial charge in [0, 0.05) is 31.5 Å². The second-order valence-corrected chi connectivity index (χ2v) is 6.33. The van der Waals surface area contributed by atoms with Crippen LogP contribution in [-0.4, -0.2) is 42.0 Å². The third-order valence-electron chi connectivity index (χ3n) is 4.52. The van der Waals surface area contributed by atoms with Gasteiger partial charge in [-0.25, -0.2) is 4.98 Å². The molecule has 1 fully saturated rings. The van der Waals surface area contributed by atoms with Crippen LogP contribution in [0.4, 0.5) is 0 Å². The number of likely N-dealkylation sites (tertiary alicyclic amines) is 1. The largest absolute Gasteiger partial charge is 0.469 e. The van der Waals surface area contributed by atoms with Gasteiger partial charge in [-0.2, -0.15) is 0 Å². The monoisotopic (exact) mass is 342 g/mol. The predicted molar refractivity (Wildman–Crippen MR) is 91.7 cm³/mol. The number of aryl methyl sites for hydroxylation is 2. The zero-order valence-corrected chi connectivity index (χ0v) is 14.5. The summed E-state index contributed by atoms with van der Waals surface area (Å²) in [5.41, 5.74) is 2.15. The zero-order valence-electron chi connectivity index (χ0n) is 14.5. The summed E-state index contributed by atoms with van der Waals surface area (Å²) in [7, 11) is 1.38. The van der Waals surface area contributed by atoms with E-state index in [2.05, 4.69) is 4.98 Å². The van der Waals surface area contributed by atoms with Gasteiger partial charge in [-0.1, -0.05) is 29.8 Å². The maximum Gasteiger partial charge on any atom is 0.310 e. The van der Waals surface area contributed by atoms with E-state index >= 15 is 0 Å². The third-order valence-corrected chi connectivity index (χ3v) is 4.52. The van der Waals surface area contributed by atoms with E-state index in [9.17, 15) is 9.59 Å². The summed E-state index contributed by atoms with van der Waals surface area (Å²) in [5.74, 6) is 0.818. The molecule has 3 rings (SSSR count). The fourth-order valence-corrected chi connectivity index (χ4v) is 2.99. The molecule has 0 bridgehead atoms. The number of oxazole rings is 1. The summed E-state index contributed by atoms with van der Waals surface area (Å²) in [4.78, 5) is 29.8. The van der Waals surface area contributed by atoms with Crippen LogP contribution in [0.3, 0.4) is 0 Å². The Kier molecular flexibility index (Phi) is 5.16. The highest BCUT2D eigenvalue weighted by molar-refractivity contribution is 5.79. The number of methoxy groups -OCH3 is 1. The first kappa shape index (κ1) is 17.2. The Morgan fingerprint density at radius 2 is 2.08 bits per heavy atom. The van der Waals surface area contributed by atoms with Crippen molar-refractivity contribution >= 4 is 11.9 Å². The molecule has 132 valence electrons. The number of carbonyl (C=O) groups excluding carboxylic acids is 2. The van der Waals surface area contributed by atoms with E-state index in [0.717, 1.165) is 5.56 Å². The molecule has 0 saturated carbocycles. The Morgan fingerprint density at radius 3 is 2.80 bits per heavy atom. The van der Waals surface area contributed by atoms with Crippen LogP contribution in [0.1, 0.15) is 24.3 Å². The first-order valence-corrected chi connectivity index (χ1v) is 8.44. The van der Waals surface area contributed by atoms with Crippen molar-refractivity contribution in [1.82, 2.24) is 9.88 Å². The fraction of sp³-hybridized carbons (Fsp3) is 0.421. The topological polar surface area (TPSA) is 72.6 Å². The minimum atomic E-state index is -0.245. The smallest absolute Gasteiger partial charge is 0.310 e. The summed E-state index contributed by atoms with van der Waals surface area (Å²) in [6, 6.07) is 8.02. The molecule has 2 aromatic rings. The maximum absolute atomic E-state index is 12.3.